The van der Waals surface area contributed by atoms with Crippen molar-refractivity contribution >= 4 is 5.91 Å². The maximum Gasteiger partial charge on any atom is 0.273 e. The van der Waals surface area contributed by atoms with Crippen LogP contribution in [-0.4, -0.2) is 42.1 Å². The number of benzene rings is 1. The molecule has 0 atom stereocenters. The summed E-state index contributed by atoms with van der Waals surface area (Å²) in [6, 6.07) is 4.78. The Balaban J connectivity index is 1.90. The van der Waals surface area contributed by atoms with Gasteiger partial charge in [0, 0.05) is 18.2 Å². The van der Waals surface area contributed by atoms with Gasteiger partial charge in [-0.2, -0.15) is 0 Å². The second-order valence-corrected chi connectivity index (χ2v) is 5.34. The fourth-order valence-electron chi connectivity index (χ4n) is 2.30. The minimum absolute atomic E-state index is 0.109. The number of hydrogen-bond acceptors (Lipinski definition) is 4. The molecule has 24 heavy (non-hydrogen) atoms. The van der Waals surface area contributed by atoms with Crippen LogP contribution < -0.4 is 5.32 Å². The van der Waals surface area contributed by atoms with Gasteiger partial charge in [0.1, 0.15) is 0 Å². The number of aromatic nitrogens is 1. The number of nitrogens with zero attached hydrogens (tertiary/aromatic N) is 2. The number of carbonyl (C=O) groups is 1. The molecule has 1 heterocycles. The first-order chi connectivity index (χ1) is 11.5. The van der Waals surface area contributed by atoms with E-state index in [9.17, 15) is 13.6 Å². The fourth-order valence-corrected chi connectivity index (χ4v) is 2.30. The molecule has 0 fully saturated rings. The van der Waals surface area contributed by atoms with Crippen LogP contribution in [0, 0.1) is 11.6 Å². The molecule has 1 aromatic heterocycles. The normalized spacial score (nSPS) is 11.0. The smallest absolute Gasteiger partial charge is 0.273 e. The van der Waals surface area contributed by atoms with Crippen LogP contribution in [-0.2, 0) is 0 Å². The van der Waals surface area contributed by atoms with Crippen LogP contribution in [0.4, 0.5) is 8.78 Å². The Kier molecular flexibility index (Phi) is 6.43. The van der Waals surface area contributed by atoms with Gasteiger partial charge in [-0.05, 0) is 44.3 Å². The highest BCUT2D eigenvalue weighted by Crippen LogP contribution is 2.22. The lowest BCUT2D eigenvalue weighted by molar-refractivity contribution is 0.0943. The van der Waals surface area contributed by atoms with Crippen molar-refractivity contribution in [3.8, 4) is 11.3 Å². The summed E-state index contributed by atoms with van der Waals surface area (Å²) in [6.45, 7) is 7.58. The van der Waals surface area contributed by atoms with E-state index in [4.69, 9.17) is 4.52 Å². The minimum atomic E-state index is -0.980. The van der Waals surface area contributed by atoms with Gasteiger partial charge in [0.05, 0.1) is 0 Å². The lowest BCUT2D eigenvalue weighted by Gasteiger charge is -2.17. The molecule has 0 saturated heterocycles. The molecule has 0 unspecified atom stereocenters. The summed E-state index contributed by atoms with van der Waals surface area (Å²) < 4.78 is 31.2. The number of nitrogens with one attached hydrogen (secondary N) is 1. The van der Waals surface area contributed by atoms with Gasteiger partial charge >= 0.3 is 0 Å². The number of carbonyl (C=O) groups excluding carboxylic acids is 1. The van der Waals surface area contributed by atoms with E-state index in [0.717, 1.165) is 38.2 Å². The first kappa shape index (κ1) is 18.1. The van der Waals surface area contributed by atoms with Crippen LogP contribution in [0.25, 0.3) is 11.3 Å². The summed E-state index contributed by atoms with van der Waals surface area (Å²) in [4.78, 5) is 14.3. The van der Waals surface area contributed by atoms with Crippen LogP contribution >= 0.6 is 0 Å². The molecule has 0 bridgehead atoms. The third-order valence-corrected chi connectivity index (χ3v) is 3.78. The summed E-state index contributed by atoms with van der Waals surface area (Å²) in [5.41, 5.74) is 0.430. The molecule has 7 heteroatoms. The van der Waals surface area contributed by atoms with Gasteiger partial charge in [-0.1, -0.05) is 19.0 Å². The molecule has 0 aliphatic rings. The first-order valence-electron chi connectivity index (χ1n) is 7.97. The van der Waals surface area contributed by atoms with Crippen LogP contribution in [0.5, 0.6) is 0 Å². The molecule has 0 saturated carbocycles. The molecule has 0 aliphatic heterocycles. The van der Waals surface area contributed by atoms with Crippen molar-refractivity contribution in [1.82, 2.24) is 15.4 Å². The number of hydrogen-bond donors (Lipinski definition) is 1. The van der Waals surface area contributed by atoms with Gasteiger partial charge in [-0.25, -0.2) is 8.78 Å². The Morgan fingerprint density at radius 1 is 1.21 bits per heavy atom. The molecule has 2 rings (SSSR count). The van der Waals surface area contributed by atoms with Crippen molar-refractivity contribution in [2.75, 3.05) is 26.2 Å². The number of rotatable bonds is 8. The summed E-state index contributed by atoms with van der Waals surface area (Å²) in [5.74, 6) is -2.06. The van der Waals surface area contributed by atoms with Crippen molar-refractivity contribution in [2.45, 2.75) is 20.3 Å². The molecular weight excluding hydrogens is 316 g/mol. The molecule has 0 spiro atoms. The third-order valence-electron chi connectivity index (χ3n) is 3.78. The van der Waals surface area contributed by atoms with Gasteiger partial charge in [-0.3, -0.25) is 4.79 Å². The van der Waals surface area contributed by atoms with Gasteiger partial charge in [0.25, 0.3) is 5.91 Å². The van der Waals surface area contributed by atoms with E-state index in [1.807, 2.05) is 0 Å². The van der Waals surface area contributed by atoms with Crippen molar-refractivity contribution in [3.63, 3.8) is 0 Å². The van der Waals surface area contributed by atoms with Gasteiger partial charge in [0.2, 0.25) is 0 Å². The first-order valence-corrected chi connectivity index (χ1v) is 7.97. The lowest BCUT2D eigenvalue weighted by atomic mass is 10.1. The Hall–Kier alpha value is -2.28. The quantitative estimate of drug-likeness (QED) is 0.752. The highest BCUT2D eigenvalue weighted by atomic mass is 19.2. The maximum absolute atomic E-state index is 13.2. The second kappa shape index (κ2) is 8.54. The monoisotopic (exact) mass is 337 g/mol. The van der Waals surface area contributed by atoms with Gasteiger partial charge in [-0.15, -0.1) is 0 Å². The van der Waals surface area contributed by atoms with E-state index in [0.29, 0.717) is 12.1 Å². The van der Waals surface area contributed by atoms with E-state index in [1.165, 1.54) is 12.1 Å². The summed E-state index contributed by atoms with van der Waals surface area (Å²) in [6.07, 6.45) is 0.835. The number of halogens is 2. The van der Waals surface area contributed by atoms with Crippen molar-refractivity contribution < 1.29 is 18.1 Å². The zero-order valence-electron chi connectivity index (χ0n) is 13.8. The Labute approximate surface area is 139 Å². The van der Waals surface area contributed by atoms with Crippen LogP contribution in [0.3, 0.4) is 0 Å². The molecule has 130 valence electrons. The Bertz CT molecular complexity index is 684. The van der Waals surface area contributed by atoms with E-state index >= 15 is 0 Å². The van der Waals surface area contributed by atoms with E-state index in [-0.39, 0.29) is 17.4 Å². The molecular formula is C17H21F2N3O2. The molecule has 1 amide bonds. The molecule has 2 aromatic rings. The van der Waals surface area contributed by atoms with E-state index < -0.39 is 11.6 Å². The number of amides is 1. The van der Waals surface area contributed by atoms with Crippen LogP contribution in [0.1, 0.15) is 30.8 Å². The lowest BCUT2D eigenvalue weighted by Crippen LogP contribution is -2.30. The fraction of sp³-hybridized carbons (Fsp3) is 0.412. The van der Waals surface area contributed by atoms with E-state index in [2.05, 4.69) is 29.2 Å². The van der Waals surface area contributed by atoms with E-state index in [1.54, 1.807) is 0 Å². The SMILES string of the molecule is CCN(CC)CCCNC(=O)c1cc(-c2ccc(F)c(F)c2)on1. The zero-order valence-corrected chi connectivity index (χ0v) is 13.8. The van der Waals surface area contributed by atoms with Crippen molar-refractivity contribution in [2.24, 2.45) is 0 Å². The predicted molar refractivity (Wildman–Crippen MR) is 86.6 cm³/mol. The summed E-state index contributed by atoms with van der Waals surface area (Å²) >= 11 is 0. The van der Waals surface area contributed by atoms with Crippen molar-refractivity contribution in [3.05, 3.63) is 41.6 Å². The van der Waals surface area contributed by atoms with Gasteiger partial charge < -0.3 is 14.7 Å². The Morgan fingerprint density at radius 2 is 1.96 bits per heavy atom. The summed E-state index contributed by atoms with van der Waals surface area (Å²) in [7, 11) is 0. The minimum Gasteiger partial charge on any atom is -0.355 e. The van der Waals surface area contributed by atoms with Crippen LogP contribution in [0.2, 0.25) is 0 Å². The second-order valence-electron chi connectivity index (χ2n) is 5.34. The topological polar surface area (TPSA) is 58.4 Å². The predicted octanol–water partition coefficient (Wildman–Crippen LogP) is 3.08. The van der Waals surface area contributed by atoms with Gasteiger partial charge in [0.15, 0.2) is 23.1 Å². The van der Waals surface area contributed by atoms with Crippen LogP contribution in [0.15, 0.2) is 28.8 Å². The largest absolute Gasteiger partial charge is 0.355 e. The highest BCUT2D eigenvalue weighted by molar-refractivity contribution is 5.93. The molecule has 1 aromatic carbocycles. The standard InChI is InChI=1S/C17H21F2N3O2/c1-3-22(4-2)9-5-8-20-17(23)15-11-16(24-21-15)12-6-7-13(18)14(19)10-12/h6-7,10-11H,3-5,8-9H2,1-2H3,(H,20,23). The highest BCUT2D eigenvalue weighted by Gasteiger charge is 2.14. The molecule has 0 radical (unpaired) electrons. The summed E-state index contributed by atoms with van der Waals surface area (Å²) in [5, 5.41) is 6.44. The van der Waals surface area contributed by atoms with Crippen molar-refractivity contribution in [1.29, 1.82) is 0 Å². The molecule has 1 N–H and O–H groups in total. The Morgan fingerprint density at radius 3 is 2.62 bits per heavy atom. The average Bonchev–Trinajstić information content (AvgIpc) is 3.07. The zero-order chi connectivity index (χ0) is 17.5. The third kappa shape index (κ3) is 4.61. The molecule has 0 aliphatic carbocycles. The molecule has 5 nitrogen and oxygen atoms in total. The maximum atomic E-state index is 13.2. The average molecular weight is 337 g/mol.